The molecular weight excluding hydrogens is 356 g/mol. The minimum Gasteiger partial charge on any atom is -0.353 e. The molecule has 2 saturated heterocycles. The van der Waals surface area contributed by atoms with E-state index in [1.165, 1.54) is 24.0 Å². The quantitative estimate of drug-likeness (QED) is 0.431. The molecule has 28 heavy (non-hydrogen) atoms. The highest BCUT2D eigenvalue weighted by molar-refractivity contribution is 5.78. The van der Waals surface area contributed by atoms with E-state index < -0.39 is 0 Å². The molecule has 0 bridgehead atoms. The number of allylic oxidation sites excluding steroid dienone is 2. The lowest BCUT2D eigenvalue weighted by Crippen LogP contribution is -2.22. The molecule has 2 heterocycles. The van der Waals surface area contributed by atoms with E-state index in [0.717, 1.165) is 51.7 Å². The van der Waals surface area contributed by atoms with Crippen molar-refractivity contribution in [2.75, 3.05) is 26.4 Å². The maximum absolute atomic E-state index is 12.1. The van der Waals surface area contributed by atoms with Crippen molar-refractivity contribution < 1.29 is 23.7 Å². The molecule has 2 unspecified atom stereocenters. The predicted octanol–water partition coefficient (Wildman–Crippen LogP) is 5.09. The van der Waals surface area contributed by atoms with Gasteiger partial charge in [-0.25, -0.2) is 0 Å². The van der Waals surface area contributed by atoms with Crippen LogP contribution in [-0.4, -0.2) is 44.8 Å². The number of ether oxygens (including phenoxy) is 4. The lowest BCUT2D eigenvalue weighted by atomic mass is 10.0. The first-order valence-electron chi connectivity index (χ1n) is 10.9. The average molecular weight is 395 g/mol. The zero-order chi connectivity index (χ0) is 20.0. The molecular formula is C23H38O5. The molecule has 5 nitrogen and oxygen atoms in total. The summed E-state index contributed by atoms with van der Waals surface area (Å²) in [6.45, 7) is 6.86. The van der Waals surface area contributed by atoms with Crippen molar-refractivity contribution in [3.8, 4) is 0 Å². The third kappa shape index (κ3) is 10.5. The van der Waals surface area contributed by atoms with Crippen LogP contribution in [0, 0.1) is 0 Å². The minimum absolute atomic E-state index is 0.0529. The lowest BCUT2D eigenvalue weighted by Gasteiger charge is -2.22. The van der Waals surface area contributed by atoms with E-state index in [1.807, 2.05) is 0 Å². The van der Waals surface area contributed by atoms with E-state index >= 15 is 0 Å². The molecule has 0 spiro atoms. The van der Waals surface area contributed by atoms with Gasteiger partial charge in [-0.3, -0.25) is 4.79 Å². The van der Waals surface area contributed by atoms with Gasteiger partial charge in [0, 0.05) is 26.1 Å². The number of hydrogen-bond acceptors (Lipinski definition) is 5. The number of ketones is 1. The van der Waals surface area contributed by atoms with Crippen molar-refractivity contribution >= 4 is 5.78 Å². The summed E-state index contributed by atoms with van der Waals surface area (Å²) in [5, 5.41) is 0. The second kappa shape index (κ2) is 14.0. The zero-order valence-electron chi connectivity index (χ0n) is 17.8. The summed E-state index contributed by atoms with van der Waals surface area (Å²) >= 11 is 0. The molecule has 0 saturated carbocycles. The van der Waals surface area contributed by atoms with Crippen molar-refractivity contribution in [2.45, 2.75) is 90.6 Å². The number of Topliss-reactive ketones (excluding diaryl/α,β-unsaturated/α-hetero) is 1. The van der Waals surface area contributed by atoms with Crippen molar-refractivity contribution in [2.24, 2.45) is 0 Å². The highest BCUT2D eigenvalue weighted by atomic mass is 16.7. The Kier molecular flexibility index (Phi) is 11.7. The molecule has 160 valence electrons. The van der Waals surface area contributed by atoms with Crippen LogP contribution in [0.2, 0.25) is 0 Å². The molecule has 0 aromatic rings. The molecule has 5 heteroatoms. The van der Waals surface area contributed by atoms with E-state index in [0.29, 0.717) is 31.8 Å². The fourth-order valence-corrected chi connectivity index (χ4v) is 3.28. The highest BCUT2D eigenvalue weighted by Crippen LogP contribution is 2.16. The second-order valence-corrected chi connectivity index (χ2v) is 7.90. The first-order valence-corrected chi connectivity index (χ1v) is 10.9. The Hall–Kier alpha value is -1.01. The summed E-state index contributed by atoms with van der Waals surface area (Å²) in [6.07, 6.45) is 13.4. The Morgan fingerprint density at radius 3 is 1.64 bits per heavy atom. The molecule has 0 N–H and O–H groups in total. The van der Waals surface area contributed by atoms with Crippen LogP contribution >= 0.6 is 0 Å². The van der Waals surface area contributed by atoms with E-state index in [-0.39, 0.29) is 12.6 Å². The van der Waals surface area contributed by atoms with Crippen LogP contribution in [0.5, 0.6) is 0 Å². The topological polar surface area (TPSA) is 54.0 Å². The molecule has 2 rings (SSSR count). The van der Waals surface area contributed by atoms with Crippen LogP contribution in [0.3, 0.4) is 0 Å². The van der Waals surface area contributed by atoms with Gasteiger partial charge in [0.2, 0.25) is 0 Å². The van der Waals surface area contributed by atoms with Gasteiger partial charge in [-0.05, 0) is 65.2 Å². The Balaban J connectivity index is 1.51. The summed E-state index contributed by atoms with van der Waals surface area (Å²) in [6, 6.07) is 0. The van der Waals surface area contributed by atoms with E-state index in [1.54, 1.807) is 0 Å². The number of carbonyl (C=O) groups excluding carboxylic acids is 1. The number of hydrogen-bond donors (Lipinski definition) is 0. The average Bonchev–Trinajstić information content (AvgIpc) is 2.72. The van der Waals surface area contributed by atoms with Gasteiger partial charge in [-0.2, -0.15) is 0 Å². The van der Waals surface area contributed by atoms with Crippen LogP contribution in [0.1, 0.15) is 78.1 Å². The van der Waals surface area contributed by atoms with Crippen LogP contribution in [0.15, 0.2) is 23.3 Å². The summed E-state index contributed by atoms with van der Waals surface area (Å²) in [5.41, 5.74) is 2.41. The van der Waals surface area contributed by atoms with Gasteiger partial charge in [-0.1, -0.05) is 23.3 Å². The maximum atomic E-state index is 12.1. The Morgan fingerprint density at radius 2 is 1.25 bits per heavy atom. The molecule has 2 atom stereocenters. The molecule has 0 aromatic carbocycles. The highest BCUT2D eigenvalue weighted by Gasteiger charge is 2.14. The van der Waals surface area contributed by atoms with Gasteiger partial charge in [0.25, 0.3) is 0 Å². The number of carbonyl (C=O) groups is 1. The van der Waals surface area contributed by atoms with Crippen LogP contribution in [0.4, 0.5) is 0 Å². The molecule has 0 aromatic heterocycles. The third-order valence-corrected chi connectivity index (χ3v) is 5.30. The monoisotopic (exact) mass is 394 g/mol. The Labute approximate surface area is 170 Å². The molecule has 0 radical (unpaired) electrons. The van der Waals surface area contributed by atoms with E-state index in [4.69, 9.17) is 18.9 Å². The smallest absolute Gasteiger partial charge is 0.157 e. The molecule has 2 aliphatic heterocycles. The summed E-state index contributed by atoms with van der Waals surface area (Å²) in [4.78, 5) is 12.1. The van der Waals surface area contributed by atoms with Crippen molar-refractivity contribution in [1.29, 1.82) is 0 Å². The molecule has 2 aliphatic rings. The first-order chi connectivity index (χ1) is 13.6. The third-order valence-electron chi connectivity index (χ3n) is 5.30. The first kappa shape index (κ1) is 23.3. The van der Waals surface area contributed by atoms with Crippen molar-refractivity contribution in [3.05, 3.63) is 23.3 Å². The SMILES string of the molecule is C/C(=C\COC1CCCCO1)CCC(=O)CC/C(C)=C/COC1CCCCO1. The molecule has 0 aliphatic carbocycles. The van der Waals surface area contributed by atoms with E-state index in [2.05, 4.69) is 26.0 Å². The molecule has 2 fully saturated rings. The summed E-state index contributed by atoms with van der Waals surface area (Å²) in [5.74, 6) is 0.313. The van der Waals surface area contributed by atoms with Crippen molar-refractivity contribution in [1.82, 2.24) is 0 Å². The van der Waals surface area contributed by atoms with E-state index in [9.17, 15) is 4.79 Å². The second-order valence-electron chi connectivity index (χ2n) is 7.90. The van der Waals surface area contributed by atoms with Crippen LogP contribution < -0.4 is 0 Å². The Bertz CT molecular complexity index is 455. The predicted molar refractivity (Wildman–Crippen MR) is 110 cm³/mol. The van der Waals surface area contributed by atoms with Gasteiger partial charge >= 0.3 is 0 Å². The van der Waals surface area contributed by atoms with Gasteiger partial charge in [-0.15, -0.1) is 0 Å². The Morgan fingerprint density at radius 1 is 0.786 bits per heavy atom. The standard InChI is InChI=1S/C23H38O5/c1-19(13-17-27-22-7-3-5-15-25-22)9-11-21(24)12-10-20(2)14-18-28-23-8-4-6-16-26-23/h13-14,22-23H,3-12,15-18H2,1-2H3/b19-13+,20-14+. The van der Waals surface area contributed by atoms with Gasteiger partial charge < -0.3 is 18.9 Å². The minimum atomic E-state index is -0.0529. The number of rotatable bonds is 12. The van der Waals surface area contributed by atoms with Crippen molar-refractivity contribution in [3.63, 3.8) is 0 Å². The lowest BCUT2D eigenvalue weighted by molar-refractivity contribution is -0.155. The normalized spacial score (nSPS) is 24.4. The van der Waals surface area contributed by atoms with Gasteiger partial charge in [0.15, 0.2) is 12.6 Å². The fraction of sp³-hybridized carbons (Fsp3) is 0.783. The van der Waals surface area contributed by atoms with Crippen LogP contribution in [0.25, 0.3) is 0 Å². The largest absolute Gasteiger partial charge is 0.353 e. The summed E-state index contributed by atoms with van der Waals surface area (Å²) < 4.78 is 22.5. The van der Waals surface area contributed by atoms with Gasteiger partial charge in [0.05, 0.1) is 13.2 Å². The van der Waals surface area contributed by atoms with Crippen LogP contribution in [-0.2, 0) is 23.7 Å². The molecule has 0 amide bonds. The fourth-order valence-electron chi connectivity index (χ4n) is 3.28. The van der Waals surface area contributed by atoms with Gasteiger partial charge in [0.1, 0.15) is 5.78 Å². The zero-order valence-corrected chi connectivity index (χ0v) is 17.8. The summed E-state index contributed by atoms with van der Waals surface area (Å²) in [7, 11) is 0. The maximum Gasteiger partial charge on any atom is 0.157 e.